The van der Waals surface area contributed by atoms with Crippen LogP contribution in [0.1, 0.15) is 0 Å². The van der Waals surface area contributed by atoms with E-state index in [2.05, 4.69) is 15.3 Å². The number of benzene rings is 2. The van der Waals surface area contributed by atoms with Crippen LogP contribution in [0.4, 0.5) is 21.5 Å². The lowest BCUT2D eigenvalue weighted by Crippen LogP contribution is -2.19. The molecule has 0 saturated carbocycles. The number of non-ortho nitro benzene ring substituents is 1. The molecule has 0 aliphatic carbocycles. The second-order valence-electron chi connectivity index (χ2n) is 5.25. The normalized spacial score (nSPS) is 11.0. The fourth-order valence-corrected chi connectivity index (χ4v) is 2.36. The third-order valence-electron chi connectivity index (χ3n) is 3.47. The molecule has 3 N–H and O–H groups in total. The van der Waals surface area contributed by atoms with Crippen LogP contribution in [0.15, 0.2) is 58.8 Å². The summed E-state index contributed by atoms with van der Waals surface area (Å²) in [6.07, 6.45) is 0. The quantitative estimate of drug-likeness (QED) is 0.303. The summed E-state index contributed by atoms with van der Waals surface area (Å²) in [6.45, 7) is 0. The van der Waals surface area contributed by atoms with Gasteiger partial charge in [0.15, 0.2) is 10.8 Å². The highest BCUT2D eigenvalue weighted by Crippen LogP contribution is 2.38. The Morgan fingerprint density at radius 2 is 1.96 bits per heavy atom. The van der Waals surface area contributed by atoms with Gasteiger partial charge in [0.2, 0.25) is 5.88 Å². The van der Waals surface area contributed by atoms with Gasteiger partial charge in [-0.3, -0.25) is 10.1 Å². The zero-order chi connectivity index (χ0) is 19.6. The SMILES string of the molecule is NC(=S)n1nc(-c2ccc([N+](=O)[O-])cc2)c(/N=N/c2cccc(F)c2)c1O. The lowest BCUT2D eigenvalue weighted by atomic mass is 10.1. The van der Waals surface area contributed by atoms with Gasteiger partial charge in [-0.15, -0.1) is 5.11 Å². The Hall–Kier alpha value is -3.73. The number of azo groups is 1. The third kappa shape index (κ3) is 3.77. The number of nitrogens with zero attached hydrogens (tertiary/aromatic N) is 5. The van der Waals surface area contributed by atoms with Crippen molar-refractivity contribution in [2.45, 2.75) is 0 Å². The molecule has 2 aromatic carbocycles. The number of halogens is 1. The van der Waals surface area contributed by atoms with Crippen LogP contribution >= 0.6 is 12.2 Å². The van der Waals surface area contributed by atoms with Crippen molar-refractivity contribution >= 4 is 34.4 Å². The maximum absolute atomic E-state index is 13.3. The van der Waals surface area contributed by atoms with Crippen molar-refractivity contribution in [2.75, 3.05) is 0 Å². The number of nitro groups is 1. The number of nitro benzene ring substituents is 1. The van der Waals surface area contributed by atoms with Crippen molar-refractivity contribution < 1.29 is 14.4 Å². The summed E-state index contributed by atoms with van der Waals surface area (Å²) in [4.78, 5) is 10.3. The van der Waals surface area contributed by atoms with Crippen LogP contribution in [0.25, 0.3) is 11.3 Å². The third-order valence-corrected chi connectivity index (χ3v) is 3.64. The maximum atomic E-state index is 13.3. The van der Waals surface area contributed by atoms with Crippen LogP contribution in [-0.2, 0) is 0 Å². The Morgan fingerprint density at radius 3 is 2.56 bits per heavy atom. The molecule has 3 rings (SSSR count). The smallest absolute Gasteiger partial charge is 0.269 e. The summed E-state index contributed by atoms with van der Waals surface area (Å²) in [5, 5.41) is 32.8. The molecule has 0 aliphatic heterocycles. The topological polar surface area (TPSA) is 132 Å². The standard InChI is InChI=1S/C16H11FN6O3S/c17-10-2-1-3-11(8-10)19-20-14-13(21-22(15(14)24)16(18)27)9-4-6-12(7-5-9)23(25)26/h1-8,24H,(H2,18,27)/b20-19+. The van der Waals surface area contributed by atoms with E-state index in [0.29, 0.717) is 5.56 Å². The van der Waals surface area contributed by atoms with Gasteiger partial charge in [-0.1, -0.05) is 6.07 Å². The van der Waals surface area contributed by atoms with Gasteiger partial charge in [-0.25, -0.2) is 4.39 Å². The van der Waals surface area contributed by atoms with Crippen LogP contribution in [0.2, 0.25) is 0 Å². The molecule has 0 saturated heterocycles. The van der Waals surface area contributed by atoms with E-state index in [0.717, 1.165) is 10.7 Å². The van der Waals surface area contributed by atoms with Gasteiger partial charge in [0, 0.05) is 23.8 Å². The number of hydrogen-bond donors (Lipinski definition) is 2. The predicted molar refractivity (Wildman–Crippen MR) is 98.7 cm³/mol. The Labute approximate surface area is 156 Å². The van der Waals surface area contributed by atoms with Crippen molar-refractivity contribution in [2.24, 2.45) is 16.0 Å². The molecule has 0 aliphatic rings. The maximum Gasteiger partial charge on any atom is 0.269 e. The van der Waals surface area contributed by atoms with Gasteiger partial charge >= 0.3 is 0 Å². The summed E-state index contributed by atoms with van der Waals surface area (Å²) in [7, 11) is 0. The summed E-state index contributed by atoms with van der Waals surface area (Å²) in [5.41, 5.74) is 6.13. The minimum absolute atomic E-state index is 0.0686. The van der Waals surface area contributed by atoms with Crippen molar-refractivity contribution in [1.29, 1.82) is 0 Å². The van der Waals surface area contributed by atoms with Gasteiger partial charge in [0.05, 0.1) is 10.6 Å². The molecule has 11 heteroatoms. The molecule has 0 unspecified atom stereocenters. The second kappa shape index (κ2) is 7.25. The van der Waals surface area contributed by atoms with Crippen molar-refractivity contribution in [3.63, 3.8) is 0 Å². The molecule has 1 heterocycles. The molecule has 0 fully saturated rings. The van der Waals surface area contributed by atoms with Crippen molar-refractivity contribution in [3.8, 4) is 17.1 Å². The number of hydrogen-bond acceptors (Lipinski definition) is 7. The molecule has 1 aromatic heterocycles. The van der Waals surface area contributed by atoms with Crippen LogP contribution in [0.5, 0.6) is 5.88 Å². The number of rotatable bonds is 4. The molecule has 9 nitrogen and oxygen atoms in total. The van der Waals surface area contributed by atoms with E-state index < -0.39 is 16.6 Å². The van der Waals surface area contributed by atoms with Gasteiger partial charge < -0.3 is 10.8 Å². The first-order valence-corrected chi connectivity index (χ1v) is 7.81. The van der Waals surface area contributed by atoms with Gasteiger partial charge in [0.25, 0.3) is 5.69 Å². The lowest BCUT2D eigenvalue weighted by Gasteiger charge is -1.98. The van der Waals surface area contributed by atoms with E-state index >= 15 is 0 Å². The highest BCUT2D eigenvalue weighted by atomic mass is 32.1. The monoisotopic (exact) mass is 386 g/mol. The molecule has 0 bridgehead atoms. The predicted octanol–water partition coefficient (Wildman–Crippen LogP) is 3.81. The molecule has 0 amide bonds. The fraction of sp³-hybridized carbons (Fsp3) is 0. The lowest BCUT2D eigenvalue weighted by molar-refractivity contribution is -0.384. The Balaban J connectivity index is 2.09. The number of nitrogens with two attached hydrogens (primary N) is 1. The van der Waals surface area contributed by atoms with Crippen LogP contribution in [-0.4, -0.2) is 24.9 Å². The van der Waals surface area contributed by atoms with Crippen molar-refractivity contribution in [1.82, 2.24) is 9.78 Å². The van der Waals surface area contributed by atoms with Gasteiger partial charge in [0.1, 0.15) is 11.5 Å². The highest BCUT2D eigenvalue weighted by molar-refractivity contribution is 7.80. The molecule has 3 aromatic rings. The van der Waals surface area contributed by atoms with E-state index in [-0.39, 0.29) is 27.9 Å². The van der Waals surface area contributed by atoms with E-state index in [1.165, 1.54) is 42.5 Å². The average Bonchev–Trinajstić information content (AvgIpc) is 2.97. The minimum Gasteiger partial charge on any atom is -0.492 e. The van der Waals surface area contributed by atoms with E-state index in [1.807, 2.05) is 0 Å². The first-order valence-electron chi connectivity index (χ1n) is 7.40. The van der Waals surface area contributed by atoms with E-state index in [1.54, 1.807) is 0 Å². The zero-order valence-corrected chi connectivity index (χ0v) is 14.3. The van der Waals surface area contributed by atoms with Gasteiger partial charge in [-0.05, 0) is 36.5 Å². The van der Waals surface area contributed by atoms with Crippen LogP contribution in [0, 0.1) is 15.9 Å². The van der Waals surface area contributed by atoms with Crippen LogP contribution in [0.3, 0.4) is 0 Å². The Morgan fingerprint density at radius 1 is 1.26 bits per heavy atom. The molecule has 0 radical (unpaired) electrons. The number of aromatic hydroxyl groups is 1. The van der Waals surface area contributed by atoms with E-state index in [9.17, 15) is 19.6 Å². The largest absolute Gasteiger partial charge is 0.492 e. The zero-order valence-electron chi connectivity index (χ0n) is 13.5. The fourth-order valence-electron chi connectivity index (χ4n) is 2.23. The molecule has 0 atom stereocenters. The molecular formula is C16H11FN6O3S. The first-order chi connectivity index (χ1) is 12.9. The van der Waals surface area contributed by atoms with E-state index in [4.69, 9.17) is 18.0 Å². The number of thiocarbonyl (C=S) groups is 1. The molecule has 27 heavy (non-hydrogen) atoms. The summed E-state index contributed by atoms with van der Waals surface area (Å²) in [5.74, 6) is -0.957. The van der Waals surface area contributed by atoms with Crippen molar-refractivity contribution in [3.05, 3.63) is 64.5 Å². The molecule has 136 valence electrons. The highest BCUT2D eigenvalue weighted by Gasteiger charge is 2.21. The second-order valence-corrected chi connectivity index (χ2v) is 5.67. The number of aromatic nitrogens is 2. The summed E-state index contributed by atoms with van der Waals surface area (Å²) < 4.78 is 14.2. The summed E-state index contributed by atoms with van der Waals surface area (Å²) >= 11 is 4.83. The Bertz CT molecular complexity index is 1060. The van der Waals surface area contributed by atoms with Gasteiger partial charge in [-0.2, -0.15) is 14.9 Å². The Kier molecular flexibility index (Phi) is 4.86. The average molecular weight is 386 g/mol. The minimum atomic E-state index is -0.542. The van der Waals surface area contributed by atoms with Crippen LogP contribution < -0.4 is 5.73 Å². The first kappa shape index (κ1) is 18.1. The summed E-state index contributed by atoms with van der Waals surface area (Å²) in [6, 6.07) is 10.8. The molecular weight excluding hydrogens is 375 g/mol. The molecule has 0 spiro atoms.